The van der Waals surface area contributed by atoms with Gasteiger partial charge in [0, 0.05) is 5.69 Å². The number of rotatable bonds is 3. The number of benzene rings is 1. The van der Waals surface area contributed by atoms with Crippen LogP contribution in [0.1, 0.15) is 37.0 Å². The predicted octanol–water partition coefficient (Wildman–Crippen LogP) is 2.38. The lowest BCUT2D eigenvalue weighted by molar-refractivity contribution is -0.0444. The molecule has 0 aromatic heterocycles. The second-order valence-electron chi connectivity index (χ2n) is 5.26. The third kappa shape index (κ3) is 3.23. The number of esters is 1. The number of hydrogen-bond donors (Lipinski definition) is 1. The van der Waals surface area contributed by atoms with E-state index in [9.17, 15) is 4.79 Å². The molecule has 1 atom stereocenters. The largest absolute Gasteiger partial charge is 0.459 e. The van der Waals surface area contributed by atoms with Crippen molar-refractivity contribution in [2.45, 2.75) is 38.4 Å². The molecule has 2 N–H and O–H groups in total. The van der Waals surface area contributed by atoms with Crippen LogP contribution in [0.5, 0.6) is 0 Å². The lowest BCUT2D eigenvalue weighted by Gasteiger charge is -2.19. The first kappa shape index (κ1) is 12.9. The average Bonchev–Trinajstić information content (AvgIpc) is 2.66. The molecule has 98 valence electrons. The van der Waals surface area contributed by atoms with Crippen LogP contribution in [0.4, 0.5) is 5.69 Å². The summed E-state index contributed by atoms with van der Waals surface area (Å²) in [6.07, 6.45) is 1.93. The van der Waals surface area contributed by atoms with E-state index in [1.807, 2.05) is 13.8 Å². The first-order chi connectivity index (χ1) is 8.46. The molecule has 2 rings (SSSR count). The van der Waals surface area contributed by atoms with Crippen molar-refractivity contribution in [2.24, 2.45) is 0 Å². The van der Waals surface area contributed by atoms with Gasteiger partial charge in [-0.25, -0.2) is 4.79 Å². The summed E-state index contributed by atoms with van der Waals surface area (Å²) in [5.41, 5.74) is 6.55. The van der Waals surface area contributed by atoms with Crippen LogP contribution in [0.3, 0.4) is 0 Å². The van der Waals surface area contributed by atoms with Crippen molar-refractivity contribution in [3.8, 4) is 0 Å². The maximum Gasteiger partial charge on any atom is 0.338 e. The quantitative estimate of drug-likeness (QED) is 0.660. The van der Waals surface area contributed by atoms with E-state index in [1.165, 1.54) is 0 Å². The van der Waals surface area contributed by atoms with Crippen LogP contribution in [-0.2, 0) is 9.47 Å². The van der Waals surface area contributed by atoms with Gasteiger partial charge in [-0.2, -0.15) is 0 Å². The van der Waals surface area contributed by atoms with Gasteiger partial charge in [-0.05, 0) is 44.9 Å². The van der Waals surface area contributed by atoms with Gasteiger partial charge in [-0.3, -0.25) is 0 Å². The molecule has 1 aromatic rings. The van der Waals surface area contributed by atoms with E-state index >= 15 is 0 Å². The van der Waals surface area contributed by atoms with Crippen molar-refractivity contribution in [2.75, 3.05) is 12.3 Å². The molecule has 18 heavy (non-hydrogen) atoms. The van der Waals surface area contributed by atoms with Crippen molar-refractivity contribution in [3.63, 3.8) is 0 Å². The molecule has 0 bridgehead atoms. The first-order valence-corrected chi connectivity index (χ1v) is 6.17. The second kappa shape index (κ2) is 4.98. The van der Waals surface area contributed by atoms with Gasteiger partial charge in [0.15, 0.2) is 0 Å². The molecule has 1 heterocycles. The van der Waals surface area contributed by atoms with Crippen LogP contribution in [0.2, 0.25) is 0 Å². The Kier molecular flexibility index (Phi) is 3.57. The van der Waals surface area contributed by atoms with Crippen LogP contribution in [0, 0.1) is 0 Å². The van der Waals surface area contributed by atoms with Crippen molar-refractivity contribution in [1.82, 2.24) is 0 Å². The zero-order valence-electron chi connectivity index (χ0n) is 10.8. The molecule has 0 spiro atoms. The van der Waals surface area contributed by atoms with E-state index in [2.05, 4.69) is 0 Å². The number of carbonyl (C=O) groups is 1. The lowest BCUT2D eigenvalue weighted by atomic mass is 10.1. The fraction of sp³-hybridized carbons (Fsp3) is 0.500. The van der Waals surface area contributed by atoms with Crippen LogP contribution in [0.15, 0.2) is 24.3 Å². The summed E-state index contributed by atoms with van der Waals surface area (Å²) >= 11 is 0. The molecular formula is C14H19NO3. The molecule has 0 amide bonds. The van der Waals surface area contributed by atoms with Crippen molar-refractivity contribution in [1.29, 1.82) is 0 Å². The normalized spacial score (nSPS) is 21.8. The molecule has 0 saturated carbocycles. The predicted molar refractivity (Wildman–Crippen MR) is 69.3 cm³/mol. The van der Waals surface area contributed by atoms with Crippen LogP contribution < -0.4 is 5.73 Å². The Morgan fingerprint density at radius 1 is 1.56 bits per heavy atom. The minimum Gasteiger partial charge on any atom is -0.459 e. The summed E-state index contributed by atoms with van der Waals surface area (Å²) in [7, 11) is 0. The maximum absolute atomic E-state index is 11.8. The summed E-state index contributed by atoms with van der Waals surface area (Å²) in [5.74, 6) is -0.351. The molecule has 1 fully saturated rings. The van der Waals surface area contributed by atoms with E-state index in [4.69, 9.17) is 15.2 Å². The number of ether oxygens (including phenoxy) is 2. The van der Waals surface area contributed by atoms with Crippen LogP contribution in [0.25, 0.3) is 0 Å². The molecular weight excluding hydrogens is 230 g/mol. The molecule has 1 aromatic carbocycles. The highest BCUT2D eigenvalue weighted by Crippen LogP contribution is 2.29. The number of nitrogens with two attached hydrogens (primary N) is 1. The molecule has 4 heteroatoms. The number of anilines is 1. The van der Waals surface area contributed by atoms with Gasteiger partial charge in [0.25, 0.3) is 0 Å². The van der Waals surface area contributed by atoms with Gasteiger partial charge in [-0.15, -0.1) is 0 Å². The highest BCUT2D eigenvalue weighted by Gasteiger charge is 2.32. The highest BCUT2D eigenvalue weighted by molar-refractivity contribution is 5.90. The average molecular weight is 249 g/mol. The summed E-state index contributed by atoms with van der Waals surface area (Å²) in [4.78, 5) is 11.8. The Balaban J connectivity index is 1.86. The maximum atomic E-state index is 11.8. The second-order valence-corrected chi connectivity index (χ2v) is 5.26. The SMILES string of the molecule is CC1(C)CCC(COC(=O)c2cccc(N)c2)O1. The van der Waals surface area contributed by atoms with Gasteiger partial charge >= 0.3 is 5.97 Å². The van der Waals surface area contributed by atoms with E-state index < -0.39 is 0 Å². The zero-order chi connectivity index (χ0) is 13.2. The molecule has 1 unspecified atom stereocenters. The molecule has 1 aliphatic rings. The summed E-state index contributed by atoms with van der Waals surface area (Å²) < 4.78 is 11.0. The van der Waals surface area contributed by atoms with E-state index in [-0.39, 0.29) is 17.7 Å². The van der Waals surface area contributed by atoms with E-state index in [0.29, 0.717) is 17.9 Å². The minimum absolute atomic E-state index is 0.00464. The van der Waals surface area contributed by atoms with Crippen molar-refractivity contribution >= 4 is 11.7 Å². The lowest BCUT2D eigenvalue weighted by Crippen LogP contribution is -2.24. The zero-order valence-corrected chi connectivity index (χ0v) is 10.8. The number of hydrogen-bond acceptors (Lipinski definition) is 4. The first-order valence-electron chi connectivity index (χ1n) is 6.17. The monoisotopic (exact) mass is 249 g/mol. The Hall–Kier alpha value is -1.55. The third-order valence-electron chi connectivity index (χ3n) is 3.08. The Bertz CT molecular complexity index is 442. The van der Waals surface area contributed by atoms with E-state index in [1.54, 1.807) is 24.3 Å². The summed E-state index contributed by atoms with van der Waals surface area (Å²) in [6.45, 7) is 4.40. The van der Waals surface area contributed by atoms with Gasteiger partial charge in [-0.1, -0.05) is 6.07 Å². The van der Waals surface area contributed by atoms with Gasteiger partial charge in [0.05, 0.1) is 17.3 Å². The summed E-state index contributed by atoms with van der Waals surface area (Å²) in [6, 6.07) is 6.78. The van der Waals surface area contributed by atoms with Crippen LogP contribution >= 0.6 is 0 Å². The minimum atomic E-state index is -0.351. The Morgan fingerprint density at radius 2 is 2.33 bits per heavy atom. The van der Waals surface area contributed by atoms with Crippen molar-refractivity contribution in [3.05, 3.63) is 29.8 Å². The van der Waals surface area contributed by atoms with E-state index in [0.717, 1.165) is 12.8 Å². The van der Waals surface area contributed by atoms with Crippen molar-refractivity contribution < 1.29 is 14.3 Å². The standard InChI is InChI=1S/C14H19NO3/c1-14(2)7-6-12(18-14)9-17-13(16)10-4-3-5-11(15)8-10/h3-5,8,12H,6-7,9,15H2,1-2H3. The molecule has 4 nitrogen and oxygen atoms in total. The summed E-state index contributed by atoms with van der Waals surface area (Å²) in [5, 5.41) is 0. The van der Waals surface area contributed by atoms with Crippen LogP contribution in [-0.4, -0.2) is 24.3 Å². The smallest absolute Gasteiger partial charge is 0.338 e. The molecule has 0 radical (unpaired) electrons. The van der Waals surface area contributed by atoms with Gasteiger partial charge < -0.3 is 15.2 Å². The topological polar surface area (TPSA) is 61.5 Å². The van der Waals surface area contributed by atoms with Gasteiger partial charge in [0.1, 0.15) is 6.61 Å². The fourth-order valence-corrected chi connectivity index (χ4v) is 2.11. The molecule has 1 aliphatic heterocycles. The fourth-order valence-electron chi connectivity index (χ4n) is 2.11. The highest BCUT2D eigenvalue weighted by atomic mass is 16.6. The number of carbonyl (C=O) groups excluding carboxylic acids is 1. The Morgan fingerprint density at radius 3 is 2.94 bits per heavy atom. The number of nitrogen functional groups attached to an aromatic ring is 1. The molecule has 0 aliphatic carbocycles. The van der Waals surface area contributed by atoms with Gasteiger partial charge in [0.2, 0.25) is 0 Å². The Labute approximate surface area is 107 Å². The molecule has 1 saturated heterocycles. The third-order valence-corrected chi connectivity index (χ3v) is 3.08.